The smallest absolute Gasteiger partial charge is 0.252 e. The monoisotopic (exact) mass is 381 g/mol. The first-order valence-corrected chi connectivity index (χ1v) is 8.20. The molecule has 1 atom stereocenters. The third kappa shape index (κ3) is 4.89. The van der Waals surface area contributed by atoms with Crippen LogP contribution >= 0.6 is 31.9 Å². The van der Waals surface area contributed by atoms with Crippen molar-refractivity contribution in [2.45, 2.75) is 6.92 Å². The van der Waals surface area contributed by atoms with Crippen LogP contribution in [0.15, 0.2) is 27.1 Å². The molecule has 0 aliphatic carbocycles. The highest BCUT2D eigenvalue weighted by Gasteiger charge is 2.09. The lowest BCUT2D eigenvalue weighted by atomic mass is 10.2. The number of carbonyl (C=O) groups excluding carboxylic acids is 1. The number of halogens is 2. The molecule has 0 aliphatic rings. The molecule has 0 saturated carbocycles. The molecular weight excluding hydrogens is 370 g/mol. The van der Waals surface area contributed by atoms with E-state index >= 15 is 0 Å². The largest absolute Gasteiger partial charge is 0.351 e. The van der Waals surface area contributed by atoms with Crippen molar-refractivity contribution in [3.8, 4) is 0 Å². The maximum absolute atomic E-state index is 11.8. The van der Waals surface area contributed by atoms with Gasteiger partial charge in [0.2, 0.25) is 0 Å². The molecule has 0 bridgehead atoms. The van der Waals surface area contributed by atoms with Crippen molar-refractivity contribution in [1.82, 2.24) is 5.32 Å². The molecule has 6 heteroatoms. The van der Waals surface area contributed by atoms with E-state index < -0.39 is 10.8 Å². The minimum absolute atomic E-state index is 0.155. The Bertz CT molecular complexity index is 437. The van der Waals surface area contributed by atoms with Gasteiger partial charge in [0.05, 0.1) is 5.56 Å². The highest BCUT2D eigenvalue weighted by atomic mass is 79.9. The summed E-state index contributed by atoms with van der Waals surface area (Å²) in [6, 6.07) is 5.36. The highest BCUT2D eigenvalue weighted by molar-refractivity contribution is 9.11. The highest BCUT2D eigenvalue weighted by Crippen LogP contribution is 2.21. The van der Waals surface area contributed by atoms with Gasteiger partial charge >= 0.3 is 0 Å². The van der Waals surface area contributed by atoms with Gasteiger partial charge in [0.15, 0.2) is 0 Å². The number of hydrogen-bond acceptors (Lipinski definition) is 2. The molecule has 1 amide bonds. The Morgan fingerprint density at radius 1 is 1.41 bits per heavy atom. The van der Waals surface area contributed by atoms with E-state index in [2.05, 4.69) is 37.2 Å². The fraction of sp³-hybridized carbons (Fsp3) is 0.364. The molecule has 0 radical (unpaired) electrons. The topological polar surface area (TPSA) is 46.2 Å². The summed E-state index contributed by atoms with van der Waals surface area (Å²) in [5, 5.41) is 2.75. The summed E-state index contributed by atoms with van der Waals surface area (Å²) >= 11 is 6.66. The van der Waals surface area contributed by atoms with E-state index in [1.807, 2.05) is 19.1 Å². The van der Waals surface area contributed by atoms with Crippen LogP contribution in [0.25, 0.3) is 0 Å². The summed E-state index contributed by atoms with van der Waals surface area (Å²) in [6.07, 6.45) is 0. The van der Waals surface area contributed by atoms with E-state index in [0.717, 1.165) is 8.95 Å². The second-order valence-electron chi connectivity index (χ2n) is 3.31. The maximum Gasteiger partial charge on any atom is 0.252 e. The van der Waals surface area contributed by atoms with Gasteiger partial charge in [-0.25, -0.2) is 0 Å². The van der Waals surface area contributed by atoms with Crippen LogP contribution in [0.3, 0.4) is 0 Å². The van der Waals surface area contributed by atoms with E-state index in [9.17, 15) is 9.00 Å². The SMILES string of the molecule is CCS(=O)CCNC(=O)c1ccc(Br)cc1Br. The Kier molecular flexibility index (Phi) is 6.37. The van der Waals surface area contributed by atoms with Crippen molar-refractivity contribution >= 4 is 48.6 Å². The van der Waals surface area contributed by atoms with Gasteiger partial charge in [0, 0.05) is 37.8 Å². The number of hydrogen-bond donors (Lipinski definition) is 1. The second kappa shape index (κ2) is 7.28. The number of carbonyl (C=O) groups is 1. The zero-order chi connectivity index (χ0) is 12.8. The van der Waals surface area contributed by atoms with Crippen molar-refractivity contribution in [3.05, 3.63) is 32.7 Å². The van der Waals surface area contributed by atoms with Gasteiger partial charge in [0.1, 0.15) is 0 Å². The zero-order valence-electron chi connectivity index (χ0n) is 9.33. The number of nitrogens with one attached hydrogen (secondary N) is 1. The van der Waals surface area contributed by atoms with Crippen LogP contribution in [0.2, 0.25) is 0 Å². The standard InChI is InChI=1S/C11H13Br2NO2S/c1-2-17(16)6-5-14-11(15)9-4-3-8(12)7-10(9)13/h3-4,7H,2,5-6H2,1H3,(H,14,15). The van der Waals surface area contributed by atoms with Crippen molar-refractivity contribution in [2.75, 3.05) is 18.1 Å². The van der Waals surface area contributed by atoms with Crippen LogP contribution in [0.1, 0.15) is 17.3 Å². The van der Waals surface area contributed by atoms with E-state index in [1.54, 1.807) is 6.07 Å². The molecule has 94 valence electrons. The summed E-state index contributed by atoms with van der Waals surface area (Å²) in [5.41, 5.74) is 0.579. The van der Waals surface area contributed by atoms with Crippen LogP contribution < -0.4 is 5.32 Å². The molecule has 1 unspecified atom stereocenters. The van der Waals surface area contributed by atoms with Gasteiger partial charge in [0.25, 0.3) is 5.91 Å². The van der Waals surface area contributed by atoms with Crippen LogP contribution in [0, 0.1) is 0 Å². The van der Waals surface area contributed by atoms with Gasteiger partial charge in [-0.05, 0) is 34.1 Å². The normalized spacial score (nSPS) is 12.2. The molecule has 1 aromatic rings. The molecule has 0 aliphatic heterocycles. The molecule has 1 N–H and O–H groups in total. The van der Waals surface area contributed by atoms with Crippen LogP contribution in [0.5, 0.6) is 0 Å². The van der Waals surface area contributed by atoms with Crippen molar-refractivity contribution in [2.24, 2.45) is 0 Å². The molecule has 1 aromatic carbocycles. The third-order valence-electron chi connectivity index (χ3n) is 2.11. The minimum atomic E-state index is -0.843. The summed E-state index contributed by atoms with van der Waals surface area (Å²) in [6.45, 7) is 2.30. The fourth-order valence-electron chi connectivity index (χ4n) is 1.19. The Balaban J connectivity index is 2.55. The summed E-state index contributed by atoms with van der Waals surface area (Å²) in [7, 11) is -0.843. The molecule has 3 nitrogen and oxygen atoms in total. The van der Waals surface area contributed by atoms with Crippen LogP contribution in [0.4, 0.5) is 0 Å². The molecule has 0 fully saturated rings. The van der Waals surface area contributed by atoms with Gasteiger partial charge < -0.3 is 5.32 Å². The Morgan fingerprint density at radius 3 is 2.71 bits per heavy atom. The average molecular weight is 383 g/mol. The fourth-order valence-corrected chi connectivity index (χ4v) is 3.04. The minimum Gasteiger partial charge on any atom is -0.351 e. The molecule has 0 spiro atoms. The maximum atomic E-state index is 11.8. The van der Waals surface area contributed by atoms with Gasteiger partial charge in [-0.3, -0.25) is 9.00 Å². The summed E-state index contributed by atoms with van der Waals surface area (Å²) in [4.78, 5) is 11.8. The molecule has 0 heterocycles. The van der Waals surface area contributed by atoms with E-state index in [4.69, 9.17) is 0 Å². The third-order valence-corrected chi connectivity index (χ3v) is 4.57. The molecule has 17 heavy (non-hydrogen) atoms. The summed E-state index contributed by atoms with van der Waals surface area (Å²) in [5.74, 6) is 0.964. The number of rotatable bonds is 5. The molecular formula is C11H13Br2NO2S. The Labute approximate surface area is 120 Å². The Hall–Kier alpha value is -0.200. The average Bonchev–Trinajstić information content (AvgIpc) is 2.28. The van der Waals surface area contributed by atoms with Crippen molar-refractivity contribution in [1.29, 1.82) is 0 Å². The first-order valence-electron chi connectivity index (χ1n) is 5.12. The first kappa shape index (κ1) is 14.9. The van der Waals surface area contributed by atoms with Gasteiger partial charge in [-0.2, -0.15) is 0 Å². The number of benzene rings is 1. The second-order valence-corrected chi connectivity index (χ2v) is 6.95. The number of amides is 1. The predicted octanol–water partition coefficient (Wildman–Crippen LogP) is 2.71. The van der Waals surface area contributed by atoms with Crippen molar-refractivity contribution < 1.29 is 9.00 Å². The molecule has 1 rings (SSSR count). The van der Waals surface area contributed by atoms with Gasteiger partial charge in [-0.1, -0.05) is 22.9 Å². The van der Waals surface area contributed by atoms with Crippen LogP contribution in [-0.4, -0.2) is 28.2 Å². The van der Waals surface area contributed by atoms with E-state index in [1.165, 1.54) is 0 Å². The molecule has 0 saturated heterocycles. The van der Waals surface area contributed by atoms with E-state index in [0.29, 0.717) is 23.6 Å². The molecule has 0 aromatic heterocycles. The lowest BCUT2D eigenvalue weighted by Gasteiger charge is -2.06. The van der Waals surface area contributed by atoms with Crippen molar-refractivity contribution in [3.63, 3.8) is 0 Å². The lowest BCUT2D eigenvalue weighted by molar-refractivity contribution is 0.0955. The van der Waals surface area contributed by atoms with Crippen LogP contribution in [-0.2, 0) is 10.8 Å². The zero-order valence-corrected chi connectivity index (χ0v) is 13.3. The van der Waals surface area contributed by atoms with Gasteiger partial charge in [-0.15, -0.1) is 0 Å². The van der Waals surface area contributed by atoms with E-state index in [-0.39, 0.29) is 5.91 Å². The first-order chi connectivity index (χ1) is 8.04. The predicted molar refractivity (Wildman–Crippen MR) is 77.7 cm³/mol. The quantitative estimate of drug-likeness (QED) is 0.850. The lowest BCUT2D eigenvalue weighted by Crippen LogP contribution is -2.28. The Morgan fingerprint density at radius 2 is 2.12 bits per heavy atom. The summed E-state index contributed by atoms with van der Waals surface area (Å²) < 4.78 is 12.8.